The average Bonchev–Trinajstić information content (AvgIpc) is 2.24. The van der Waals surface area contributed by atoms with Crippen LogP contribution in [0.2, 0.25) is 5.02 Å². The summed E-state index contributed by atoms with van der Waals surface area (Å²) in [5.41, 5.74) is 13.0. The second kappa shape index (κ2) is 4.62. The molecular formula is C12H17ClN2O. The van der Waals surface area contributed by atoms with Crippen LogP contribution in [0.25, 0.3) is 0 Å². The zero-order valence-electron chi connectivity index (χ0n) is 9.32. The zero-order chi connectivity index (χ0) is 11.7. The minimum atomic E-state index is 0.0307. The van der Waals surface area contributed by atoms with E-state index in [9.17, 15) is 0 Å². The molecule has 88 valence electrons. The van der Waals surface area contributed by atoms with Crippen LogP contribution in [0, 0.1) is 5.92 Å². The van der Waals surface area contributed by atoms with Crippen LogP contribution in [-0.4, -0.2) is 13.2 Å². The molecule has 4 heteroatoms. The number of rotatable bonds is 3. The molecule has 0 aromatic heterocycles. The van der Waals surface area contributed by atoms with Gasteiger partial charge in [-0.3, -0.25) is 0 Å². The van der Waals surface area contributed by atoms with Crippen molar-refractivity contribution in [3.05, 3.63) is 28.8 Å². The van der Waals surface area contributed by atoms with E-state index in [4.69, 9.17) is 27.8 Å². The largest absolute Gasteiger partial charge is 0.495 e. The van der Waals surface area contributed by atoms with Crippen molar-refractivity contribution in [3.63, 3.8) is 0 Å². The molecule has 1 unspecified atom stereocenters. The highest BCUT2D eigenvalue weighted by Gasteiger charge is 2.31. The number of halogens is 1. The molecule has 1 atom stereocenters. The highest BCUT2D eigenvalue weighted by Crippen LogP contribution is 2.37. The van der Waals surface area contributed by atoms with Crippen molar-refractivity contribution in [2.75, 3.05) is 7.11 Å². The quantitative estimate of drug-likeness (QED) is 0.851. The summed E-state index contributed by atoms with van der Waals surface area (Å²) in [6, 6.07) is 6.07. The van der Waals surface area contributed by atoms with E-state index in [1.165, 1.54) is 0 Å². The maximum absolute atomic E-state index is 6.17. The van der Waals surface area contributed by atoms with E-state index in [0.29, 0.717) is 22.7 Å². The van der Waals surface area contributed by atoms with Gasteiger partial charge in [-0.05, 0) is 36.5 Å². The molecular weight excluding hydrogens is 224 g/mol. The molecule has 0 aliphatic heterocycles. The van der Waals surface area contributed by atoms with Crippen LogP contribution in [0.15, 0.2) is 18.2 Å². The molecule has 0 saturated heterocycles. The fourth-order valence-corrected chi connectivity index (χ4v) is 2.43. The van der Waals surface area contributed by atoms with E-state index < -0.39 is 0 Å². The molecule has 1 aromatic rings. The van der Waals surface area contributed by atoms with Gasteiger partial charge in [0.25, 0.3) is 0 Å². The van der Waals surface area contributed by atoms with Crippen molar-refractivity contribution in [2.45, 2.75) is 24.9 Å². The predicted octanol–water partition coefficient (Wildman–Crippen LogP) is 2.09. The summed E-state index contributed by atoms with van der Waals surface area (Å²) in [5.74, 6) is 1.17. The number of nitrogens with two attached hydrogens (primary N) is 2. The number of ether oxygens (including phenoxy) is 1. The van der Waals surface area contributed by atoms with Crippen LogP contribution in [-0.2, 0) is 0 Å². The maximum atomic E-state index is 6.17. The van der Waals surface area contributed by atoms with Crippen molar-refractivity contribution in [2.24, 2.45) is 17.4 Å². The second-order valence-corrected chi connectivity index (χ2v) is 4.82. The maximum Gasteiger partial charge on any atom is 0.137 e. The second-order valence-electron chi connectivity index (χ2n) is 4.41. The summed E-state index contributed by atoms with van der Waals surface area (Å²) >= 11 is 6.06. The summed E-state index contributed by atoms with van der Waals surface area (Å²) in [7, 11) is 1.60. The van der Waals surface area contributed by atoms with E-state index in [1.54, 1.807) is 7.11 Å². The summed E-state index contributed by atoms with van der Waals surface area (Å²) < 4.78 is 5.10. The summed E-state index contributed by atoms with van der Waals surface area (Å²) in [6.45, 7) is 0. The Morgan fingerprint density at radius 2 is 2.12 bits per heavy atom. The molecule has 3 nitrogen and oxygen atoms in total. The molecule has 0 heterocycles. The summed E-state index contributed by atoms with van der Waals surface area (Å²) in [6.07, 6.45) is 2.01. The third kappa shape index (κ3) is 2.17. The minimum absolute atomic E-state index is 0.0307. The van der Waals surface area contributed by atoms with Crippen LogP contribution in [0.3, 0.4) is 0 Å². The lowest BCUT2D eigenvalue weighted by atomic mass is 9.74. The van der Waals surface area contributed by atoms with Crippen LogP contribution >= 0.6 is 11.6 Å². The molecule has 1 aromatic carbocycles. The summed E-state index contributed by atoms with van der Waals surface area (Å²) in [5, 5.41) is 0.610. The summed E-state index contributed by atoms with van der Waals surface area (Å²) in [4.78, 5) is 0. The lowest BCUT2D eigenvalue weighted by Crippen LogP contribution is -2.41. The van der Waals surface area contributed by atoms with Crippen molar-refractivity contribution in [1.82, 2.24) is 0 Å². The molecule has 1 saturated carbocycles. The van der Waals surface area contributed by atoms with Crippen LogP contribution in [0.5, 0.6) is 5.75 Å². The Bertz CT molecular complexity index is 377. The SMILES string of the molecule is COc1ccc(C(N)C2CC(N)C2)cc1Cl. The van der Waals surface area contributed by atoms with Gasteiger partial charge in [0.1, 0.15) is 5.75 Å². The van der Waals surface area contributed by atoms with Crippen LogP contribution in [0.1, 0.15) is 24.4 Å². The number of benzene rings is 1. The van der Waals surface area contributed by atoms with Crippen molar-refractivity contribution < 1.29 is 4.74 Å². The lowest BCUT2D eigenvalue weighted by Gasteiger charge is -2.37. The van der Waals surface area contributed by atoms with Gasteiger partial charge in [0, 0.05) is 12.1 Å². The standard InChI is InChI=1S/C12H17ClN2O/c1-16-11-3-2-7(6-10(11)13)12(15)8-4-9(14)5-8/h2-3,6,8-9,12H,4-5,14-15H2,1H3. The number of methoxy groups -OCH3 is 1. The fraction of sp³-hybridized carbons (Fsp3) is 0.500. The molecule has 0 bridgehead atoms. The third-order valence-electron chi connectivity index (χ3n) is 3.28. The van der Waals surface area contributed by atoms with E-state index >= 15 is 0 Å². The van der Waals surface area contributed by atoms with Gasteiger partial charge < -0.3 is 16.2 Å². The minimum Gasteiger partial charge on any atom is -0.495 e. The molecule has 1 aliphatic carbocycles. The van der Waals surface area contributed by atoms with Gasteiger partial charge in [0.2, 0.25) is 0 Å². The fourth-order valence-electron chi connectivity index (χ4n) is 2.16. The Kier molecular flexibility index (Phi) is 3.38. The topological polar surface area (TPSA) is 61.3 Å². The molecule has 0 radical (unpaired) electrons. The Morgan fingerprint density at radius 3 is 2.62 bits per heavy atom. The third-order valence-corrected chi connectivity index (χ3v) is 3.57. The van der Waals surface area contributed by atoms with E-state index in [2.05, 4.69) is 0 Å². The molecule has 4 N–H and O–H groups in total. The van der Waals surface area contributed by atoms with Crippen molar-refractivity contribution >= 4 is 11.6 Å². The monoisotopic (exact) mass is 240 g/mol. The van der Waals surface area contributed by atoms with E-state index in [-0.39, 0.29) is 6.04 Å². The first-order valence-corrected chi connectivity index (χ1v) is 5.84. The van der Waals surface area contributed by atoms with Gasteiger partial charge in [-0.25, -0.2) is 0 Å². The van der Waals surface area contributed by atoms with Gasteiger partial charge in [-0.15, -0.1) is 0 Å². The van der Waals surface area contributed by atoms with Crippen molar-refractivity contribution in [3.8, 4) is 5.75 Å². The highest BCUT2D eigenvalue weighted by molar-refractivity contribution is 6.32. The van der Waals surface area contributed by atoms with E-state index in [0.717, 1.165) is 18.4 Å². The predicted molar refractivity (Wildman–Crippen MR) is 65.6 cm³/mol. The first kappa shape index (κ1) is 11.7. The number of hydrogen-bond donors (Lipinski definition) is 2. The first-order chi connectivity index (χ1) is 7.61. The Hall–Kier alpha value is -0.770. The zero-order valence-corrected chi connectivity index (χ0v) is 10.1. The first-order valence-electron chi connectivity index (χ1n) is 5.46. The Morgan fingerprint density at radius 1 is 1.44 bits per heavy atom. The Balaban J connectivity index is 2.11. The van der Waals surface area contributed by atoms with Gasteiger partial charge in [-0.1, -0.05) is 17.7 Å². The van der Waals surface area contributed by atoms with Gasteiger partial charge >= 0.3 is 0 Å². The van der Waals surface area contributed by atoms with Crippen LogP contribution in [0.4, 0.5) is 0 Å². The molecule has 0 spiro atoms. The van der Waals surface area contributed by atoms with Crippen LogP contribution < -0.4 is 16.2 Å². The lowest BCUT2D eigenvalue weighted by molar-refractivity contribution is 0.224. The smallest absolute Gasteiger partial charge is 0.137 e. The number of hydrogen-bond acceptors (Lipinski definition) is 3. The highest BCUT2D eigenvalue weighted by atomic mass is 35.5. The Labute approximate surface area is 101 Å². The van der Waals surface area contributed by atoms with Gasteiger partial charge in [0.05, 0.1) is 12.1 Å². The molecule has 0 amide bonds. The van der Waals surface area contributed by atoms with E-state index in [1.807, 2.05) is 18.2 Å². The normalized spacial score (nSPS) is 26.0. The van der Waals surface area contributed by atoms with Gasteiger partial charge in [0.15, 0.2) is 0 Å². The van der Waals surface area contributed by atoms with Gasteiger partial charge in [-0.2, -0.15) is 0 Å². The molecule has 1 fully saturated rings. The van der Waals surface area contributed by atoms with Crippen molar-refractivity contribution in [1.29, 1.82) is 0 Å². The molecule has 2 rings (SSSR count). The molecule has 1 aliphatic rings. The average molecular weight is 241 g/mol. The molecule has 16 heavy (non-hydrogen) atoms.